The maximum atomic E-state index is 11.6. The summed E-state index contributed by atoms with van der Waals surface area (Å²) in [5, 5.41) is 10.6. The van der Waals surface area contributed by atoms with Crippen LogP contribution < -0.4 is 0 Å². The summed E-state index contributed by atoms with van der Waals surface area (Å²) in [6.07, 6.45) is 2.24. The number of aromatic nitrogens is 1. The molecule has 2 aromatic rings. The summed E-state index contributed by atoms with van der Waals surface area (Å²) in [5.41, 5.74) is 1.13. The van der Waals surface area contributed by atoms with E-state index >= 15 is 0 Å². The van der Waals surface area contributed by atoms with E-state index in [0.717, 1.165) is 16.5 Å². The second kappa shape index (κ2) is 5.00. The summed E-state index contributed by atoms with van der Waals surface area (Å²) in [6.45, 7) is 5.71. The molecular formula is C16H19NO2. The third-order valence-corrected chi connectivity index (χ3v) is 4.04. The first-order chi connectivity index (χ1) is 8.95. The van der Waals surface area contributed by atoms with Crippen molar-refractivity contribution in [3.63, 3.8) is 0 Å². The first-order valence-corrected chi connectivity index (χ1v) is 6.51. The Hall–Kier alpha value is -1.90. The topological polar surface area (TPSA) is 50.2 Å². The Bertz CT molecular complexity index is 601. The molecule has 3 heteroatoms. The second-order valence-electron chi connectivity index (χ2n) is 5.55. The minimum absolute atomic E-state index is 0.0592. The first kappa shape index (κ1) is 13.5. The molecule has 1 N–H and O–H groups in total. The summed E-state index contributed by atoms with van der Waals surface area (Å²) < 4.78 is 0. The van der Waals surface area contributed by atoms with Crippen LogP contribution in [-0.4, -0.2) is 16.1 Å². The molecule has 0 saturated carbocycles. The molecule has 0 saturated heterocycles. The molecule has 1 atom stereocenters. The molecule has 0 aliphatic carbocycles. The largest absolute Gasteiger partial charge is 0.481 e. The highest BCUT2D eigenvalue weighted by Crippen LogP contribution is 2.33. The third kappa shape index (κ3) is 2.46. The Morgan fingerprint density at radius 1 is 1.32 bits per heavy atom. The van der Waals surface area contributed by atoms with E-state index in [9.17, 15) is 9.90 Å². The fourth-order valence-corrected chi connectivity index (χ4v) is 2.23. The van der Waals surface area contributed by atoms with Gasteiger partial charge in [0.05, 0.1) is 10.9 Å². The molecule has 0 aliphatic rings. The van der Waals surface area contributed by atoms with Crippen LogP contribution in [-0.2, 0) is 11.2 Å². The van der Waals surface area contributed by atoms with Gasteiger partial charge in [-0.3, -0.25) is 9.78 Å². The molecule has 0 fully saturated rings. The van der Waals surface area contributed by atoms with Gasteiger partial charge in [0.15, 0.2) is 0 Å². The number of hydrogen-bond acceptors (Lipinski definition) is 2. The average Bonchev–Trinajstić information content (AvgIpc) is 2.38. The van der Waals surface area contributed by atoms with Crippen LogP contribution in [0.15, 0.2) is 36.5 Å². The molecule has 0 spiro atoms. The Morgan fingerprint density at radius 3 is 2.63 bits per heavy atom. The van der Waals surface area contributed by atoms with Gasteiger partial charge in [0.1, 0.15) is 0 Å². The number of para-hydroxylation sites is 1. The zero-order valence-electron chi connectivity index (χ0n) is 11.6. The fourth-order valence-electron chi connectivity index (χ4n) is 2.23. The third-order valence-electron chi connectivity index (χ3n) is 4.04. The highest BCUT2D eigenvalue weighted by Gasteiger charge is 2.37. The SMILES string of the molecule is CC(C)C(C)(Cc1cccc2cccnc12)C(=O)O. The number of carboxylic acids is 1. The molecule has 1 heterocycles. The van der Waals surface area contributed by atoms with Gasteiger partial charge < -0.3 is 5.11 Å². The van der Waals surface area contributed by atoms with Crippen LogP contribution in [0.4, 0.5) is 0 Å². The first-order valence-electron chi connectivity index (χ1n) is 6.51. The highest BCUT2D eigenvalue weighted by atomic mass is 16.4. The van der Waals surface area contributed by atoms with Gasteiger partial charge in [-0.25, -0.2) is 0 Å². The van der Waals surface area contributed by atoms with E-state index in [-0.39, 0.29) is 5.92 Å². The van der Waals surface area contributed by atoms with E-state index in [1.807, 2.05) is 51.1 Å². The van der Waals surface area contributed by atoms with Gasteiger partial charge in [0.25, 0.3) is 0 Å². The molecular weight excluding hydrogens is 238 g/mol. The molecule has 0 radical (unpaired) electrons. The molecule has 1 unspecified atom stereocenters. The lowest BCUT2D eigenvalue weighted by Gasteiger charge is -2.29. The highest BCUT2D eigenvalue weighted by molar-refractivity contribution is 5.83. The number of benzene rings is 1. The number of hydrogen-bond donors (Lipinski definition) is 1. The zero-order valence-corrected chi connectivity index (χ0v) is 11.6. The van der Waals surface area contributed by atoms with Crippen LogP contribution in [0.25, 0.3) is 10.9 Å². The van der Waals surface area contributed by atoms with Gasteiger partial charge >= 0.3 is 5.97 Å². The van der Waals surface area contributed by atoms with Gasteiger partial charge in [-0.1, -0.05) is 38.1 Å². The maximum Gasteiger partial charge on any atom is 0.309 e. The van der Waals surface area contributed by atoms with Crippen molar-refractivity contribution in [1.82, 2.24) is 4.98 Å². The van der Waals surface area contributed by atoms with Crippen molar-refractivity contribution in [2.75, 3.05) is 0 Å². The van der Waals surface area contributed by atoms with E-state index in [0.29, 0.717) is 6.42 Å². The van der Waals surface area contributed by atoms with Gasteiger partial charge in [-0.15, -0.1) is 0 Å². The molecule has 1 aromatic carbocycles. The summed E-state index contributed by atoms with van der Waals surface area (Å²) in [4.78, 5) is 16.0. The van der Waals surface area contributed by atoms with E-state index in [1.54, 1.807) is 6.20 Å². The molecule has 0 bridgehead atoms. The molecule has 2 rings (SSSR count). The van der Waals surface area contributed by atoms with Gasteiger partial charge in [-0.2, -0.15) is 0 Å². The average molecular weight is 257 g/mol. The van der Waals surface area contributed by atoms with E-state index in [4.69, 9.17) is 0 Å². The molecule has 19 heavy (non-hydrogen) atoms. The van der Waals surface area contributed by atoms with Crippen molar-refractivity contribution in [2.45, 2.75) is 27.2 Å². The molecule has 0 amide bonds. The maximum absolute atomic E-state index is 11.6. The van der Waals surface area contributed by atoms with Crippen LogP contribution in [0.5, 0.6) is 0 Å². The molecule has 100 valence electrons. The smallest absolute Gasteiger partial charge is 0.309 e. The molecule has 3 nitrogen and oxygen atoms in total. The van der Waals surface area contributed by atoms with Crippen molar-refractivity contribution in [2.24, 2.45) is 11.3 Å². The normalized spacial score (nSPS) is 14.5. The standard InChI is InChI=1S/C16H19NO2/c1-11(2)16(3,15(18)19)10-13-7-4-6-12-8-5-9-17-14(12)13/h4-9,11H,10H2,1-3H3,(H,18,19). The van der Waals surface area contributed by atoms with Gasteiger partial charge in [-0.05, 0) is 30.9 Å². The minimum Gasteiger partial charge on any atom is -0.481 e. The minimum atomic E-state index is -0.772. The summed E-state index contributed by atoms with van der Waals surface area (Å²) in [7, 11) is 0. The van der Waals surface area contributed by atoms with Crippen molar-refractivity contribution >= 4 is 16.9 Å². The Labute approximate surface area is 113 Å². The Balaban J connectivity index is 2.48. The number of carboxylic acid groups (broad SMARTS) is 1. The zero-order chi connectivity index (χ0) is 14.0. The number of nitrogens with zero attached hydrogens (tertiary/aromatic N) is 1. The number of aliphatic carboxylic acids is 1. The summed E-state index contributed by atoms with van der Waals surface area (Å²) in [5.74, 6) is -0.695. The number of pyridine rings is 1. The Kier molecular flexibility index (Phi) is 3.56. The van der Waals surface area contributed by atoms with Gasteiger partial charge in [0.2, 0.25) is 0 Å². The Morgan fingerprint density at radius 2 is 2.00 bits per heavy atom. The van der Waals surface area contributed by atoms with Crippen molar-refractivity contribution < 1.29 is 9.90 Å². The molecule has 1 aromatic heterocycles. The second-order valence-corrected chi connectivity index (χ2v) is 5.55. The lowest BCUT2D eigenvalue weighted by atomic mass is 9.74. The van der Waals surface area contributed by atoms with Crippen LogP contribution in [0, 0.1) is 11.3 Å². The lowest BCUT2D eigenvalue weighted by molar-refractivity contribution is -0.150. The summed E-state index contributed by atoms with van der Waals surface area (Å²) >= 11 is 0. The van der Waals surface area contributed by atoms with E-state index in [2.05, 4.69) is 4.98 Å². The lowest BCUT2D eigenvalue weighted by Crippen LogP contribution is -2.35. The van der Waals surface area contributed by atoms with Crippen LogP contribution >= 0.6 is 0 Å². The van der Waals surface area contributed by atoms with E-state index in [1.165, 1.54) is 0 Å². The number of fused-ring (bicyclic) bond motifs is 1. The van der Waals surface area contributed by atoms with E-state index < -0.39 is 11.4 Å². The van der Waals surface area contributed by atoms with Crippen molar-refractivity contribution in [1.29, 1.82) is 0 Å². The quantitative estimate of drug-likeness (QED) is 0.911. The summed E-state index contributed by atoms with van der Waals surface area (Å²) in [6, 6.07) is 9.82. The monoisotopic (exact) mass is 257 g/mol. The molecule has 0 aliphatic heterocycles. The van der Waals surface area contributed by atoms with Gasteiger partial charge in [0, 0.05) is 11.6 Å². The predicted molar refractivity (Wildman–Crippen MR) is 76.0 cm³/mol. The van der Waals surface area contributed by atoms with Crippen molar-refractivity contribution in [3.05, 3.63) is 42.1 Å². The number of rotatable bonds is 4. The number of carbonyl (C=O) groups is 1. The van der Waals surface area contributed by atoms with Crippen LogP contribution in [0.2, 0.25) is 0 Å². The predicted octanol–water partition coefficient (Wildman–Crippen LogP) is 3.52. The fraction of sp³-hybridized carbons (Fsp3) is 0.375. The van der Waals surface area contributed by atoms with Crippen LogP contribution in [0.3, 0.4) is 0 Å². The van der Waals surface area contributed by atoms with Crippen molar-refractivity contribution in [3.8, 4) is 0 Å². The van der Waals surface area contributed by atoms with Crippen LogP contribution in [0.1, 0.15) is 26.3 Å².